The van der Waals surface area contributed by atoms with Gasteiger partial charge in [0.1, 0.15) is 14.6 Å². The van der Waals surface area contributed by atoms with Gasteiger partial charge in [-0.2, -0.15) is 0 Å². The van der Waals surface area contributed by atoms with Gasteiger partial charge in [-0.05, 0) is 0 Å². The lowest BCUT2D eigenvalue weighted by Gasteiger charge is -2.04. The predicted octanol–water partition coefficient (Wildman–Crippen LogP) is -0.327. The highest BCUT2D eigenvalue weighted by atomic mass is 31.2. The zero-order valence-corrected chi connectivity index (χ0v) is 7.94. The average Bonchev–Trinajstić information content (AvgIpc) is 1.85. The van der Waals surface area contributed by atoms with Gasteiger partial charge in [-0.1, -0.05) is 6.07 Å². The van der Waals surface area contributed by atoms with E-state index in [0.29, 0.717) is 0 Å². The molecule has 0 spiro atoms. The molecule has 0 aliphatic heterocycles. The van der Waals surface area contributed by atoms with Crippen LogP contribution in [0.15, 0.2) is 30.6 Å². The Hall–Kier alpha value is -0.700. The van der Waals surface area contributed by atoms with E-state index in [1.54, 1.807) is 0 Å². The molecule has 1 atom stereocenters. The van der Waals surface area contributed by atoms with Crippen LogP contribution >= 0.6 is 7.60 Å². The fourth-order valence-electron chi connectivity index (χ4n) is 0.485. The summed E-state index contributed by atoms with van der Waals surface area (Å²) < 4.78 is 11.2. The van der Waals surface area contributed by atoms with E-state index in [4.69, 9.17) is 4.89 Å². The Morgan fingerprint density at radius 2 is 1.67 bits per heavy atom. The summed E-state index contributed by atoms with van der Waals surface area (Å²) in [5.41, 5.74) is 0. The van der Waals surface area contributed by atoms with Crippen LogP contribution in [0.4, 0.5) is 0 Å². The smallest absolute Gasteiger partial charge is 0.168 e. The third kappa shape index (κ3) is 12.0. The summed E-state index contributed by atoms with van der Waals surface area (Å²) in [6, 6.07) is 6.00. The maximum atomic E-state index is 9.22. The summed E-state index contributed by atoms with van der Waals surface area (Å²) in [4.78, 5) is 16.7. The van der Waals surface area contributed by atoms with Crippen LogP contribution in [0.3, 0.4) is 0 Å². The molecule has 1 N–H and O–H groups in total. The predicted molar refractivity (Wildman–Crippen MR) is 43.4 cm³/mol. The van der Waals surface area contributed by atoms with Crippen LogP contribution in [-0.4, -0.2) is 11.6 Å². The highest BCUT2D eigenvalue weighted by molar-refractivity contribution is 7.49. The molecule has 0 saturated heterocycles. The molecule has 0 bridgehead atoms. The van der Waals surface area contributed by atoms with Crippen molar-refractivity contribution in [1.29, 1.82) is 0 Å². The second-order valence-corrected chi connectivity index (χ2v) is 3.95. The first kappa shape index (κ1) is 11.3. The third-order valence-corrected chi connectivity index (χ3v) is 0.865. The quantitative estimate of drug-likeness (QED) is 0.449. The number of hydrogen-bond acceptors (Lipinski definition) is 2. The normalized spacial score (nSPS) is 14.0. The number of aryl methyl sites for hydroxylation is 1. The molecule has 1 heterocycles. The number of hydrogen-bond donors (Lipinski definition) is 1. The highest BCUT2D eigenvalue weighted by Gasteiger charge is 1.79. The summed E-state index contributed by atoms with van der Waals surface area (Å²) in [6.45, 7) is 0.743. The Bertz CT molecular complexity index is 248. The van der Waals surface area contributed by atoms with E-state index in [1.165, 1.54) is 0 Å². The molecule has 4 nitrogen and oxygen atoms in total. The Morgan fingerprint density at radius 1 is 1.33 bits per heavy atom. The van der Waals surface area contributed by atoms with Gasteiger partial charge in [0.15, 0.2) is 12.4 Å². The van der Waals surface area contributed by atoms with Gasteiger partial charge >= 0.3 is 0 Å². The van der Waals surface area contributed by atoms with Gasteiger partial charge in [-0.3, -0.25) is 0 Å². The van der Waals surface area contributed by atoms with Crippen LogP contribution < -0.4 is 9.46 Å². The number of rotatable bonds is 0. The van der Waals surface area contributed by atoms with Crippen LogP contribution in [0, 0.1) is 0 Å². The molecule has 0 fully saturated rings. The van der Waals surface area contributed by atoms with Crippen LogP contribution in [0.25, 0.3) is 0 Å². The molecular weight excluding hydrogens is 177 g/mol. The van der Waals surface area contributed by atoms with Crippen molar-refractivity contribution in [1.82, 2.24) is 0 Å². The van der Waals surface area contributed by atoms with Gasteiger partial charge in [-0.25, -0.2) is 4.57 Å². The first-order valence-corrected chi connectivity index (χ1v) is 5.33. The van der Waals surface area contributed by atoms with E-state index in [2.05, 4.69) is 0 Å². The van der Waals surface area contributed by atoms with E-state index >= 15 is 0 Å². The lowest BCUT2D eigenvalue weighted by molar-refractivity contribution is -0.671. The minimum Gasteiger partial charge on any atom is -0.779 e. The molecule has 0 saturated carbocycles. The molecule has 1 rings (SSSR count). The fourth-order valence-corrected chi connectivity index (χ4v) is 0.485. The van der Waals surface area contributed by atoms with Crippen molar-refractivity contribution in [2.45, 2.75) is 0 Å². The van der Waals surface area contributed by atoms with Crippen molar-refractivity contribution in [3.63, 3.8) is 0 Å². The van der Waals surface area contributed by atoms with Crippen molar-refractivity contribution in [3.05, 3.63) is 30.6 Å². The van der Waals surface area contributed by atoms with Crippen molar-refractivity contribution < 1.29 is 18.9 Å². The Morgan fingerprint density at radius 3 is 1.83 bits per heavy atom. The van der Waals surface area contributed by atoms with Gasteiger partial charge in [0.25, 0.3) is 0 Å². The third-order valence-electron chi connectivity index (χ3n) is 0.865. The molecule has 68 valence electrons. The van der Waals surface area contributed by atoms with Gasteiger partial charge < -0.3 is 14.4 Å². The lowest BCUT2D eigenvalue weighted by atomic mass is 10.5. The van der Waals surface area contributed by atoms with Crippen molar-refractivity contribution in [2.24, 2.45) is 7.05 Å². The molecule has 1 aromatic rings. The van der Waals surface area contributed by atoms with E-state index < -0.39 is 7.60 Å². The SMILES string of the molecule is CP(=O)([O-])O.C[n+]1ccccc1. The molecule has 1 aromatic heterocycles. The molecule has 12 heavy (non-hydrogen) atoms. The van der Waals surface area contributed by atoms with Gasteiger partial charge in [0, 0.05) is 18.8 Å². The summed E-state index contributed by atoms with van der Waals surface area (Å²) >= 11 is 0. The zero-order chi connectivity index (χ0) is 9.61. The van der Waals surface area contributed by atoms with Crippen LogP contribution in [0.5, 0.6) is 0 Å². The summed E-state index contributed by atoms with van der Waals surface area (Å²) in [5.74, 6) is 0. The van der Waals surface area contributed by atoms with Crippen LogP contribution in [-0.2, 0) is 11.6 Å². The minimum atomic E-state index is -3.89. The minimum absolute atomic E-state index is 0.743. The second-order valence-electron chi connectivity index (χ2n) is 2.34. The van der Waals surface area contributed by atoms with Crippen molar-refractivity contribution in [3.8, 4) is 0 Å². The average molecular weight is 189 g/mol. The zero-order valence-electron chi connectivity index (χ0n) is 7.04. The monoisotopic (exact) mass is 189 g/mol. The standard InChI is InChI=1S/C6H8N.CH5O3P/c1-7-5-3-2-4-6-7;1-5(2,3)4/h2-6H,1H3;1H3,(H2,2,3,4)/q+1;/p-1. The van der Waals surface area contributed by atoms with Crippen molar-refractivity contribution in [2.75, 3.05) is 6.66 Å². The maximum absolute atomic E-state index is 9.22. The molecule has 0 aliphatic carbocycles. The van der Waals surface area contributed by atoms with Crippen LogP contribution in [0.2, 0.25) is 0 Å². The molecule has 0 amide bonds. The number of nitrogens with zero attached hydrogens (tertiary/aromatic N) is 1. The fraction of sp³-hybridized carbons (Fsp3) is 0.286. The Kier molecular flexibility index (Phi) is 4.74. The van der Waals surface area contributed by atoms with Crippen molar-refractivity contribution >= 4 is 7.60 Å². The lowest BCUT2D eigenvalue weighted by Crippen LogP contribution is -2.25. The molecule has 0 radical (unpaired) electrons. The van der Waals surface area contributed by atoms with Gasteiger partial charge in [-0.15, -0.1) is 0 Å². The first-order valence-electron chi connectivity index (χ1n) is 3.31. The van der Waals surface area contributed by atoms with Gasteiger partial charge in [0.2, 0.25) is 0 Å². The molecule has 1 unspecified atom stereocenters. The maximum Gasteiger partial charge on any atom is 0.168 e. The second kappa shape index (κ2) is 5.04. The number of pyridine rings is 1. The Labute approximate surface area is 71.6 Å². The highest BCUT2D eigenvalue weighted by Crippen LogP contribution is 2.19. The molecular formula is C7H12NO3P. The van der Waals surface area contributed by atoms with Crippen LogP contribution in [0.1, 0.15) is 0 Å². The summed E-state index contributed by atoms with van der Waals surface area (Å²) in [5, 5.41) is 0. The summed E-state index contributed by atoms with van der Waals surface area (Å²) in [7, 11) is -1.89. The van der Waals surface area contributed by atoms with E-state index in [-0.39, 0.29) is 0 Å². The molecule has 5 heteroatoms. The largest absolute Gasteiger partial charge is 0.779 e. The topological polar surface area (TPSA) is 64.2 Å². The van der Waals surface area contributed by atoms with E-state index in [9.17, 15) is 9.46 Å². The summed E-state index contributed by atoms with van der Waals surface area (Å²) in [6.07, 6.45) is 4.00. The van der Waals surface area contributed by atoms with Gasteiger partial charge in [0.05, 0.1) is 0 Å². The van der Waals surface area contributed by atoms with E-state index in [0.717, 1.165) is 6.66 Å². The van der Waals surface area contributed by atoms with E-state index in [1.807, 2.05) is 42.2 Å². The Balaban J connectivity index is 0.000000217. The number of aromatic nitrogens is 1. The molecule has 0 aliphatic rings. The molecule has 0 aromatic carbocycles. The first-order chi connectivity index (χ1) is 5.39.